The molecule has 0 amide bonds. The minimum Gasteiger partial charge on any atom is -0.246 e. The number of hydrogen-bond acceptors (Lipinski definition) is 2. The van der Waals surface area contributed by atoms with Gasteiger partial charge in [-0.05, 0) is 31.1 Å². The third-order valence-electron chi connectivity index (χ3n) is 3.59. The van der Waals surface area contributed by atoms with Gasteiger partial charge in [-0.2, -0.15) is 0 Å². The Morgan fingerprint density at radius 1 is 1.46 bits per heavy atom. The van der Waals surface area contributed by atoms with Gasteiger partial charge < -0.3 is 0 Å². The van der Waals surface area contributed by atoms with E-state index in [9.17, 15) is 0 Å². The molecule has 3 aliphatic carbocycles. The molecule has 2 bridgehead atoms. The van der Waals surface area contributed by atoms with Gasteiger partial charge in [0, 0.05) is 6.20 Å². The Balaban J connectivity index is 1.89. The van der Waals surface area contributed by atoms with Crippen molar-refractivity contribution in [1.29, 1.82) is 0 Å². The molecule has 0 radical (unpaired) electrons. The van der Waals surface area contributed by atoms with Crippen molar-refractivity contribution in [2.75, 3.05) is 0 Å². The summed E-state index contributed by atoms with van der Waals surface area (Å²) in [6.45, 7) is 4.33. The highest BCUT2D eigenvalue weighted by atomic mass is 15.5. The van der Waals surface area contributed by atoms with E-state index >= 15 is 0 Å². The maximum absolute atomic E-state index is 4.24. The minimum absolute atomic E-state index is 0.408. The Bertz CT molecular complexity index is 323. The van der Waals surface area contributed by atoms with Crippen LogP contribution in [0.5, 0.6) is 0 Å². The zero-order valence-corrected chi connectivity index (χ0v) is 8.20. The fourth-order valence-electron chi connectivity index (χ4n) is 2.49. The molecule has 3 saturated carbocycles. The number of hydrogen-bond donors (Lipinski definition) is 0. The Labute approximate surface area is 78.1 Å². The van der Waals surface area contributed by atoms with Crippen LogP contribution in [0.25, 0.3) is 0 Å². The van der Waals surface area contributed by atoms with Gasteiger partial charge in [0.2, 0.25) is 0 Å². The van der Waals surface area contributed by atoms with E-state index in [1.54, 1.807) is 0 Å². The molecule has 1 aromatic rings. The van der Waals surface area contributed by atoms with Gasteiger partial charge in [-0.25, -0.2) is 4.68 Å². The van der Waals surface area contributed by atoms with Crippen molar-refractivity contribution in [1.82, 2.24) is 15.0 Å². The zero-order chi connectivity index (χ0) is 9.05. The van der Waals surface area contributed by atoms with Gasteiger partial charge in [0.15, 0.2) is 0 Å². The Morgan fingerprint density at radius 3 is 2.54 bits per heavy atom. The molecule has 3 aliphatic rings. The molecule has 1 aromatic heterocycles. The van der Waals surface area contributed by atoms with Crippen molar-refractivity contribution in [2.45, 2.75) is 44.6 Å². The predicted octanol–water partition coefficient (Wildman–Crippen LogP) is 1.91. The molecule has 0 unspecified atom stereocenters. The molecule has 0 atom stereocenters. The highest BCUT2D eigenvalue weighted by Gasteiger charge is 2.58. The second-order valence-electron chi connectivity index (χ2n) is 4.95. The lowest BCUT2D eigenvalue weighted by atomic mass is 9.50. The molecular weight excluding hydrogens is 162 g/mol. The summed E-state index contributed by atoms with van der Waals surface area (Å²) in [5.74, 6) is 1.51. The molecule has 13 heavy (non-hydrogen) atoms. The van der Waals surface area contributed by atoms with Crippen LogP contribution in [0.3, 0.4) is 0 Å². The van der Waals surface area contributed by atoms with Crippen molar-refractivity contribution in [3.63, 3.8) is 0 Å². The van der Waals surface area contributed by atoms with E-state index in [0.717, 1.165) is 11.6 Å². The summed E-state index contributed by atoms with van der Waals surface area (Å²) >= 11 is 0. The van der Waals surface area contributed by atoms with Crippen LogP contribution in [0.4, 0.5) is 0 Å². The lowest BCUT2D eigenvalue weighted by Crippen LogP contribution is -2.59. The summed E-state index contributed by atoms with van der Waals surface area (Å²) in [7, 11) is 0. The van der Waals surface area contributed by atoms with Crippen molar-refractivity contribution >= 4 is 0 Å². The first-order valence-corrected chi connectivity index (χ1v) is 5.12. The first-order chi connectivity index (χ1) is 6.20. The predicted molar refractivity (Wildman–Crippen MR) is 49.4 cm³/mol. The van der Waals surface area contributed by atoms with Gasteiger partial charge in [-0.1, -0.05) is 19.1 Å². The van der Waals surface area contributed by atoms with Gasteiger partial charge in [0.1, 0.15) is 0 Å². The maximum atomic E-state index is 4.24. The number of rotatable bonds is 2. The monoisotopic (exact) mass is 177 g/mol. The van der Waals surface area contributed by atoms with Crippen LogP contribution in [0.15, 0.2) is 6.20 Å². The van der Waals surface area contributed by atoms with Crippen LogP contribution in [0.2, 0.25) is 0 Å². The molecule has 3 nitrogen and oxygen atoms in total. The third kappa shape index (κ3) is 0.847. The Morgan fingerprint density at radius 2 is 2.15 bits per heavy atom. The molecule has 1 heterocycles. The molecule has 3 fully saturated rings. The Kier molecular flexibility index (Phi) is 1.24. The lowest BCUT2D eigenvalue weighted by Gasteiger charge is -2.61. The number of aromatic nitrogens is 3. The second-order valence-corrected chi connectivity index (χ2v) is 4.95. The summed E-state index contributed by atoms with van der Waals surface area (Å²) in [6.07, 6.45) is 6.16. The second kappa shape index (κ2) is 2.14. The fraction of sp³-hybridized carbons (Fsp3) is 0.800. The van der Waals surface area contributed by atoms with E-state index in [1.807, 2.05) is 0 Å². The highest BCUT2D eigenvalue weighted by Crippen LogP contribution is 2.61. The first kappa shape index (κ1) is 7.54. The molecule has 4 rings (SSSR count). The van der Waals surface area contributed by atoms with Crippen molar-refractivity contribution in [3.8, 4) is 0 Å². The zero-order valence-electron chi connectivity index (χ0n) is 8.20. The van der Waals surface area contributed by atoms with E-state index < -0.39 is 0 Å². The van der Waals surface area contributed by atoms with Crippen molar-refractivity contribution in [3.05, 3.63) is 11.9 Å². The smallest absolute Gasteiger partial charge is 0.0852 e. The normalized spacial score (nSPS) is 35.8. The van der Waals surface area contributed by atoms with Gasteiger partial charge >= 0.3 is 0 Å². The molecule has 0 aliphatic heterocycles. The molecular formula is C10H15N3. The third-order valence-corrected chi connectivity index (χ3v) is 3.59. The highest BCUT2D eigenvalue weighted by molar-refractivity contribution is 5.13. The van der Waals surface area contributed by atoms with E-state index in [0.29, 0.717) is 11.5 Å². The standard InChI is InChI=1S/C10H15N3/c1-7(2)9-6-13(12-11-9)10-3-8(4-10)5-10/h6-8H,3-5H2,1-2H3. The maximum Gasteiger partial charge on any atom is 0.0852 e. The van der Waals surface area contributed by atoms with Gasteiger partial charge in [0.25, 0.3) is 0 Å². The quantitative estimate of drug-likeness (QED) is 0.691. The SMILES string of the molecule is CC(C)c1cn(C23CC(C2)C3)nn1. The van der Waals surface area contributed by atoms with Crippen molar-refractivity contribution < 1.29 is 0 Å². The summed E-state index contributed by atoms with van der Waals surface area (Å²) in [4.78, 5) is 0. The topological polar surface area (TPSA) is 30.7 Å². The van der Waals surface area contributed by atoms with Crippen LogP contribution in [-0.2, 0) is 5.54 Å². The van der Waals surface area contributed by atoms with Crippen molar-refractivity contribution in [2.24, 2.45) is 5.92 Å². The number of nitrogens with zero attached hydrogens (tertiary/aromatic N) is 3. The van der Waals surface area contributed by atoms with E-state index in [1.165, 1.54) is 19.3 Å². The molecule has 0 spiro atoms. The first-order valence-electron chi connectivity index (χ1n) is 5.12. The molecule has 0 N–H and O–H groups in total. The molecule has 0 aromatic carbocycles. The van der Waals surface area contributed by atoms with Crippen LogP contribution in [0.1, 0.15) is 44.7 Å². The van der Waals surface area contributed by atoms with Crippen LogP contribution >= 0.6 is 0 Å². The fourth-order valence-corrected chi connectivity index (χ4v) is 2.49. The largest absolute Gasteiger partial charge is 0.246 e. The van der Waals surface area contributed by atoms with E-state index in [2.05, 4.69) is 35.0 Å². The minimum atomic E-state index is 0.408. The lowest BCUT2D eigenvalue weighted by molar-refractivity contribution is -0.0989. The Hall–Kier alpha value is -0.860. The summed E-state index contributed by atoms with van der Waals surface area (Å²) in [5.41, 5.74) is 1.54. The molecule has 70 valence electrons. The van der Waals surface area contributed by atoms with Crippen LogP contribution < -0.4 is 0 Å². The van der Waals surface area contributed by atoms with Gasteiger partial charge in [0.05, 0.1) is 11.2 Å². The van der Waals surface area contributed by atoms with Gasteiger partial charge in [-0.3, -0.25) is 0 Å². The summed E-state index contributed by atoms with van der Waals surface area (Å²) in [5, 5.41) is 8.44. The van der Waals surface area contributed by atoms with Crippen LogP contribution in [-0.4, -0.2) is 15.0 Å². The van der Waals surface area contributed by atoms with Crippen LogP contribution in [0, 0.1) is 5.92 Å². The van der Waals surface area contributed by atoms with E-state index in [4.69, 9.17) is 0 Å². The summed E-state index contributed by atoms with van der Waals surface area (Å²) in [6, 6.07) is 0. The summed E-state index contributed by atoms with van der Waals surface area (Å²) < 4.78 is 2.11. The molecule has 3 heteroatoms. The van der Waals surface area contributed by atoms with Gasteiger partial charge in [-0.15, -0.1) is 5.10 Å². The average molecular weight is 177 g/mol. The average Bonchev–Trinajstić information content (AvgIpc) is 2.28. The van der Waals surface area contributed by atoms with E-state index in [-0.39, 0.29) is 0 Å². The molecule has 0 saturated heterocycles.